The lowest BCUT2D eigenvalue weighted by Crippen LogP contribution is -2.40. The van der Waals surface area contributed by atoms with Crippen molar-refractivity contribution in [1.82, 2.24) is 14.8 Å². The van der Waals surface area contributed by atoms with E-state index in [4.69, 9.17) is 0 Å². The summed E-state index contributed by atoms with van der Waals surface area (Å²) in [5, 5.41) is 11.5. The molecule has 0 spiro atoms. The number of amides is 2. The first-order chi connectivity index (χ1) is 13.2. The Labute approximate surface area is 161 Å². The molecule has 2 aliphatic heterocycles. The van der Waals surface area contributed by atoms with Crippen molar-refractivity contribution in [2.24, 2.45) is 5.92 Å². The van der Waals surface area contributed by atoms with Gasteiger partial charge in [0.1, 0.15) is 5.70 Å². The highest BCUT2D eigenvalue weighted by atomic mass is 32.1. The summed E-state index contributed by atoms with van der Waals surface area (Å²) in [7, 11) is 0. The van der Waals surface area contributed by atoms with Gasteiger partial charge in [-0.25, -0.2) is 0 Å². The van der Waals surface area contributed by atoms with Crippen molar-refractivity contribution < 1.29 is 14.7 Å². The van der Waals surface area contributed by atoms with Gasteiger partial charge in [0.05, 0.1) is 12.1 Å². The summed E-state index contributed by atoms with van der Waals surface area (Å²) in [6.07, 6.45) is 5.16. The summed E-state index contributed by atoms with van der Waals surface area (Å²) in [6, 6.07) is 7.40. The average molecular weight is 383 g/mol. The Morgan fingerprint density at radius 2 is 2.00 bits per heavy atom. The van der Waals surface area contributed by atoms with Gasteiger partial charge in [0.25, 0.3) is 11.8 Å². The van der Waals surface area contributed by atoms with Gasteiger partial charge in [-0.1, -0.05) is 6.07 Å². The molecule has 0 saturated carbocycles. The first-order valence-corrected chi connectivity index (χ1v) is 9.96. The smallest absolute Gasteiger partial charge is 0.278 e. The molecule has 2 aromatic rings. The highest BCUT2D eigenvalue weighted by molar-refractivity contribution is 7.11. The van der Waals surface area contributed by atoms with E-state index in [0.29, 0.717) is 17.8 Å². The Bertz CT molecular complexity index is 864. The van der Waals surface area contributed by atoms with E-state index in [1.54, 1.807) is 12.4 Å². The summed E-state index contributed by atoms with van der Waals surface area (Å²) >= 11 is 1.46. The lowest BCUT2D eigenvalue weighted by atomic mass is 9.98. The Hall–Kier alpha value is -2.51. The summed E-state index contributed by atoms with van der Waals surface area (Å²) < 4.78 is 0. The van der Waals surface area contributed by atoms with E-state index < -0.39 is 0 Å². The van der Waals surface area contributed by atoms with Gasteiger partial charge in [0.2, 0.25) is 0 Å². The zero-order chi connectivity index (χ0) is 18.8. The average Bonchev–Trinajstić information content (AvgIpc) is 3.31. The molecule has 1 saturated heterocycles. The maximum atomic E-state index is 13.3. The SMILES string of the molecule is O=C1C(c2cccs2)=C(N2CCCC(CO)C2)C(=O)N1Cc1ccncc1. The molecular formula is C20H21N3O3S. The van der Waals surface area contributed by atoms with Crippen molar-refractivity contribution in [3.05, 3.63) is 58.2 Å². The van der Waals surface area contributed by atoms with Gasteiger partial charge in [0, 0.05) is 37.0 Å². The minimum Gasteiger partial charge on any atom is -0.396 e. The Kier molecular flexibility index (Phi) is 5.05. The van der Waals surface area contributed by atoms with Crippen LogP contribution in [0.2, 0.25) is 0 Å². The topological polar surface area (TPSA) is 73.7 Å². The molecular weight excluding hydrogens is 362 g/mol. The summed E-state index contributed by atoms with van der Waals surface area (Å²) in [5.74, 6) is -0.368. The van der Waals surface area contributed by atoms with Crippen molar-refractivity contribution in [2.45, 2.75) is 19.4 Å². The first kappa shape index (κ1) is 17.9. The minimum atomic E-state index is -0.251. The Balaban J connectivity index is 1.70. The van der Waals surface area contributed by atoms with Gasteiger partial charge in [-0.05, 0) is 47.9 Å². The molecule has 0 aromatic carbocycles. The number of rotatable bonds is 5. The molecule has 2 aliphatic rings. The first-order valence-electron chi connectivity index (χ1n) is 9.08. The van der Waals surface area contributed by atoms with Crippen LogP contribution in [0.25, 0.3) is 5.57 Å². The Morgan fingerprint density at radius 3 is 2.70 bits per heavy atom. The van der Waals surface area contributed by atoms with E-state index in [9.17, 15) is 14.7 Å². The quantitative estimate of drug-likeness (QED) is 0.801. The van der Waals surface area contributed by atoms with Crippen LogP contribution in [0, 0.1) is 5.92 Å². The second-order valence-electron chi connectivity index (χ2n) is 6.89. The third-order valence-electron chi connectivity index (χ3n) is 5.09. The number of piperidine rings is 1. The number of likely N-dealkylation sites (tertiary alicyclic amines) is 1. The van der Waals surface area contributed by atoms with Crippen molar-refractivity contribution in [3.8, 4) is 0 Å². The standard InChI is InChI=1S/C20H21N3O3S/c24-13-15-3-1-9-22(11-15)18-17(16-4-2-10-27-16)19(25)23(20(18)26)12-14-5-7-21-8-6-14/h2,4-8,10,15,24H,1,3,9,11-13H2. The van der Waals surface area contributed by atoms with Crippen molar-refractivity contribution in [2.75, 3.05) is 19.7 Å². The molecule has 140 valence electrons. The molecule has 2 amide bonds. The van der Waals surface area contributed by atoms with Crippen LogP contribution in [0.1, 0.15) is 23.3 Å². The summed E-state index contributed by atoms with van der Waals surface area (Å²) in [6.45, 7) is 1.66. The third-order valence-corrected chi connectivity index (χ3v) is 5.98. The number of thiophene rings is 1. The summed E-state index contributed by atoms with van der Waals surface area (Å²) in [4.78, 5) is 34.6. The van der Waals surface area contributed by atoms with Crippen LogP contribution in [-0.2, 0) is 16.1 Å². The van der Waals surface area contributed by atoms with Gasteiger partial charge in [-0.3, -0.25) is 19.5 Å². The van der Waals surface area contributed by atoms with E-state index >= 15 is 0 Å². The molecule has 0 bridgehead atoms. The fraction of sp³-hybridized carbons (Fsp3) is 0.350. The number of aromatic nitrogens is 1. The predicted molar refractivity (Wildman–Crippen MR) is 102 cm³/mol. The van der Waals surface area contributed by atoms with Gasteiger partial charge in [-0.2, -0.15) is 0 Å². The molecule has 1 fully saturated rings. The lowest BCUT2D eigenvalue weighted by Gasteiger charge is -2.34. The number of pyridine rings is 1. The van der Waals surface area contributed by atoms with Crippen LogP contribution in [0.5, 0.6) is 0 Å². The zero-order valence-electron chi connectivity index (χ0n) is 14.9. The van der Waals surface area contributed by atoms with Gasteiger partial charge in [-0.15, -0.1) is 11.3 Å². The number of hydrogen-bond acceptors (Lipinski definition) is 6. The molecule has 4 heterocycles. The number of aliphatic hydroxyl groups is 1. The van der Waals surface area contributed by atoms with E-state index in [-0.39, 0.29) is 30.9 Å². The maximum absolute atomic E-state index is 13.3. The largest absolute Gasteiger partial charge is 0.396 e. The molecule has 6 nitrogen and oxygen atoms in total. The molecule has 1 unspecified atom stereocenters. The second-order valence-corrected chi connectivity index (χ2v) is 7.84. The molecule has 1 N–H and O–H groups in total. The van der Waals surface area contributed by atoms with Gasteiger partial charge < -0.3 is 10.0 Å². The molecule has 0 radical (unpaired) electrons. The lowest BCUT2D eigenvalue weighted by molar-refractivity contribution is -0.138. The van der Waals surface area contributed by atoms with E-state index in [1.807, 2.05) is 34.5 Å². The minimum absolute atomic E-state index is 0.0982. The van der Waals surface area contributed by atoms with Crippen LogP contribution in [0.3, 0.4) is 0 Å². The van der Waals surface area contributed by atoms with Crippen LogP contribution >= 0.6 is 11.3 Å². The maximum Gasteiger partial charge on any atom is 0.278 e. The van der Waals surface area contributed by atoms with Crippen molar-refractivity contribution >= 4 is 28.7 Å². The third kappa shape index (κ3) is 3.40. The van der Waals surface area contributed by atoms with Gasteiger partial charge in [0.15, 0.2) is 0 Å². The Morgan fingerprint density at radius 1 is 1.19 bits per heavy atom. The fourth-order valence-corrected chi connectivity index (χ4v) is 4.49. The molecule has 1 atom stereocenters. The predicted octanol–water partition coefficient (Wildman–Crippen LogP) is 2.13. The van der Waals surface area contributed by atoms with Crippen LogP contribution in [0.4, 0.5) is 0 Å². The number of imide groups is 1. The normalized spacial score (nSPS) is 20.7. The molecule has 7 heteroatoms. The van der Waals surface area contributed by atoms with E-state index in [1.165, 1.54) is 16.2 Å². The van der Waals surface area contributed by atoms with E-state index in [0.717, 1.165) is 29.8 Å². The monoisotopic (exact) mass is 383 g/mol. The molecule has 27 heavy (non-hydrogen) atoms. The molecule has 0 aliphatic carbocycles. The molecule has 2 aromatic heterocycles. The molecule has 4 rings (SSSR count). The van der Waals surface area contributed by atoms with Crippen LogP contribution < -0.4 is 0 Å². The van der Waals surface area contributed by atoms with E-state index in [2.05, 4.69) is 4.98 Å². The highest BCUT2D eigenvalue weighted by Gasteiger charge is 2.42. The highest BCUT2D eigenvalue weighted by Crippen LogP contribution is 2.36. The van der Waals surface area contributed by atoms with Crippen LogP contribution in [0.15, 0.2) is 47.7 Å². The second kappa shape index (κ2) is 7.62. The fourth-order valence-electron chi connectivity index (χ4n) is 3.73. The number of aliphatic hydroxyl groups excluding tert-OH is 1. The number of hydrogen-bond donors (Lipinski definition) is 1. The number of nitrogens with zero attached hydrogens (tertiary/aromatic N) is 3. The zero-order valence-corrected chi connectivity index (χ0v) is 15.7. The number of carbonyl (C=O) groups is 2. The van der Waals surface area contributed by atoms with Crippen molar-refractivity contribution in [3.63, 3.8) is 0 Å². The van der Waals surface area contributed by atoms with Gasteiger partial charge >= 0.3 is 0 Å². The number of carbonyl (C=O) groups excluding carboxylic acids is 2. The summed E-state index contributed by atoms with van der Waals surface area (Å²) in [5.41, 5.74) is 1.84. The van der Waals surface area contributed by atoms with Crippen molar-refractivity contribution in [1.29, 1.82) is 0 Å². The van der Waals surface area contributed by atoms with Crippen LogP contribution in [-0.4, -0.2) is 51.4 Å².